The molecule has 2 unspecified atom stereocenters. The van der Waals surface area contributed by atoms with Crippen LogP contribution in [0.15, 0.2) is 0 Å². The first-order chi connectivity index (χ1) is 5.20. The maximum Gasteiger partial charge on any atom is 0.422 e. The SMILES string of the molecule is CCC1CCC[Si](N)(OC)O1. The van der Waals surface area contributed by atoms with Crippen molar-refractivity contribution in [2.24, 2.45) is 5.40 Å². The first kappa shape index (κ1) is 9.19. The van der Waals surface area contributed by atoms with E-state index in [1.165, 1.54) is 0 Å². The zero-order valence-electron chi connectivity index (χ0n) is 7.30. The van der Waals surface area contributed by atoms with Crippen LogP contribution in [0.4, 0.5) is 0 Å². The summed E-state index contributed by atoms with van der Waals surface area (Å²) in [5, 5.41) is 5.92. The quantitative estimate of drug-likeness (QED) is 0.640. The van der Waals surface area contributed by atoms with Crippen molar-refractivity contribution in [2.75, 3.05) is 7.11 Å². The van der Waals surface area contributed by atoms with Gasteiger partial charge in [0.05, 0.1) is 0 Å². The first-order valence-electron chi connectivity index (χ1n) is 4.22. The van der Waals surface area contributed by atoms with Gasteiger partial charge >= 0.3 is 8.72 Å². The average Bonchev–Trinajstić information content (AvgIpc) is 2.05. The van der Waals surface area contributed by atoms with E-state index in [1.54, 1.807) is 7.11 Å². The van der Waals surface area contributed by atoms with Crippen molar-refractivity contribution in [1.82, 2.24) is 0 Å². The maximum atomic E-state index is 5.92. The summed E-state index contributed by atoms with van der Waals surface area (Å²) in [6.45, 7) is 2.13. The highest BCUT2D eigenvalue weighted by molar-refractivity contribution is 6.64. The summed E-state index contributed by atoms with van der Waals surface area (Å²) in [5.41, 5.74) is 0. The monoisotopic (exact) mass is 175 g/mol. The highest BCUT2D eigenvalue weighted by Gasteiger charge is 2.37. The Bertz CT molecular complexity index is 134. The van der Waals surface area contributed by atoms with Crippen LogP contribution >= 0.6 is 0 Å². The van der Waals surface area contributed by atoms with Crippen LogP contribution in [0.25, 0.3) is 0 Å². The molecule has 2 atom stereocenters. The van der Waals surface area contributed by atoms with Crippen molar-refractivity contribution in [3.63, 3.8) is 0 Å². The fourth-order valence-electron chi connectivity index (χ4n) is 1.41. The molecule has 0 aromatic heterocycles. The number of rotatable bonds is 2. The average molecular weight is 175 g/mol. The lowest BCUT2D eigenvalue weighted by atomic mass is 10.2. The number of hydrogen-bond donors (Lipinski definition) is 1. The molecule has 3 nitrogen and oxygen atoms in total. The van der Waals surface area contributed by atoms with Gasteiger partial charge in [-0.15, -0.1) is 0 Å². The molecule has 4 heteroatoms. The molecule has 0 aromatic rings. The molecule has 0 bridgehead atoms. The molecule has 66 valence electrons. The third-order valence-electron chi connectivity index (χ3n) is 2.22. The molecule has 1 heterocycles. The molecule has 0 aromatic carbocycles. The molecule has 1 fully saturated rings. The van der Waals surface area contributed by atoms with E-state index < -0.39 is 8.72 Å². The fraction of sp³-hybridized carbons (Fsp3) is 1.00. The predicted molar refractivity (Wildman–Crippen MR) is 46.2 cm³/mol. The van der Waals surface area contributed by atoms with Gasteiger partial charge in [-0.1, -0.05) is 6.92 Å². The van der Waals surface area contributed by atoms with Crippen molar-refractivity contribution in [3.05, 3.63) is 0 Å². The molecule has 0 radical (unpaired) electrons. The third kappa shape index (κ3) is 2.26. The Balaban J connectivity index is 2.44. The molecule has 1 rings (SSSR count). The van der Waals surface area contributed by atoms with Crippen LogP contribution in [0.1, 0.15) is 26.2 Å². The van der Waals surface area contributed by atoms with E-state index >= 15 is 0 Å². The van der Waals surface area contributed by atoms with Crippen LogP contribution in [-0.4, -0.2) is 21.9 Å². The van der Waals surface area contributed by atoms with E-state index in [0.717, 1.165) is 25.3 Å². The molecule has 11 heavy (non-hydrogen) atoms. The molecule has 0 amide bonds. The van der Waals surface area contributed by atoms with Gasteiger partial charge in [0.15, 0.2) is 0 Å². The van der Waals surface area contributed by atoms with Crippen LogP contribution in [0.3, 0.4) is 0 Å². The van der Waals surface area contributed by atoms with Gasteiger partial charge in [-0.3, -0.25) is 0 Å². The Morgan fingerprint density at radius 3 is 3.00 bits per heavy atom. The maximum absolute atomic E-state index is 5.92. The van der Waals surface area contributed by atoms with E-state index in [1.807, 2.05) is 0 Å². The molecule has 2 N–H and O–H groups in total. The molecule has 1 aliphatic rings. The van der Waals surface area contributed by atoms with Gasteiger partial charge in [0.1, 0.15) is 0 Å². The Morgan fingerprint density at radius 1 is 1.73 bits per heavy atom. The minimum absolute atomic E-state index is 0.348. The van der Waals surface area contributed by atoms with E-state index in [9.17, 15) is 0 Å². The summed E-state index contributed by atoms with van der Waals surface area (Å²) in [7, 11) is -0.538. The summed E-state index contributed by atoms with van der Waals surface area (Å²) < 4.78 is 10.9. The van der Waals surface area contributed by atoms with Gasteiger partial charge < -0.3 is 14.3 Å². The van der Waals surface area contributed by atoms with Crippen molar-refractivity contribution in [3.8, 4) is 0 Å². The normalized spacial score (nSPS) is 39.0. The lowest BCUT2D eigenvalue weighted by Gasteiger charge is -2.33. The van der Waals surface area contributed by atoms with Crippen molar-refractivity contribution in [1.29, 1.82) is 0 Å². The minimum atomic E-state index is -2.19. The highest BCUT2D eigenvalue weighted by atomic mass is 28.4. The second-order valence-corrected chi connectivity index (χ2v) is 5.82. The molecular weight excluding hydrogens is 158 g/mol. The van der Waals surface area contributed by atoms with E-state index in [-0.39, 0.29) is 0 Å². The lowest BCUT2D eigenvalue weighted by molar-refractivity contribution is 0.0981. The first-order valence-corrected chi connectivity index (χ1v) is 6.32. The lowest BCUT2D eigenvalue weighted by Crippen LogP contribution is -2.55. The van der Waals surface area contributed by atoms with Crippen LogP contribution in [-0.2, 0) is 8.85 Å². The van der Waals surface area contributed by atoms with Crippen LogP contribution in [0.5, 0.6) is 0 Å². The number of hydrogen-bond acceptors (Lipinski definition) is 3. The highest BCUT2D eigenvalue weighted by Crippen LogP contribution is 2.23. The summed E-state index contributed by atoms with van der Waals surface area (Å²) in [6, 6.07) is 0.944. The fourth-order valence-corrected chi connectivity index (χ4v) is 3.38. The van der Waals surface area contributed by atoms with Crippen molar-refractivity contribution < 1.29 is 8.85 Å². The Kier molecular flexibility index (Phi) is 3.06. The number of nitrogens with two attached hydrogens (primary N) is 1. The minimum Gasteiger partial charge on any atom is -0.386 e. The molecular formula is C7H17NO2Si. The van der Waals surface area contributed by atoms with Crippen LogP contribution in [0.2, 0.25) is 6.04 Å². The smallest absolute Gasteiger partial charge is 0.386 e. The summed E-state index contributed by atoms with van der Waals surface area (Å²) >= 11 is 0. The van der Waals surface area contributed by atoms with Crippen LogP contribution in [0, 0.1) is 0 Å². The van der Waals surface area contributed by atoms with Crippen LogP contribution < -0.4 is 5.40 Å². The van der Waals surface area contributed by atoms with Gasteiger partial charge in [0.25, 0.3) is 0 Å². The molecule has 0 saturated carbocycles. The Hall–Kier alpha value is 0.0969. The molecule has 1 aliphatic heterocycles. The standard InChI is InChI=1S/C7H17NO2Si/c1-3-7-5-4-6-11(8,9-2)10-7/h7H,3-6,8H2,1-2H3. The van der Waals surface area contributed by atoms with Gasteiger partial charge in [0, 0.05) is 19.3 Å². The van der Waals surface area contributed by atoms with E-state index in [4.69, 9.17) is 14.3 Å². The van der Waals surface area contributed by atoms with Gasteiger partial charge in [0.2, 0.25) is 0 Å². The van der Waals surface area contributed by atoms with Gasteiger partial charge in [-0.2, -0.15) is 0 Å². The zero-order chi connectivity index (χ0) is 8.32. The predicted octanol–water partition coefficient (Wildman–Crippen LogP) is 1.12. The van der Waals surface area contributed by atoms with Crippen molar-refractivity contribution >= 4 is 8.72 Å². The largest absolute Gasteiger partial charge is 0.422 e. The van der Waals surface area contributed by atoms with Crippen molar-refractivity contribution in [2.45, 2.75) is 38.3 Å². The molecule has 1 saturated heterocycles. The topological polar surface area (TPSA) is 44.5 Å². The van der Waals surface area contributed by atoms with Gasteiger partial charge in [-0.05, 0) is 19.3 Å². The van der Waals surface area contributed by atoms with Gasteiger partial charge in [-0.25, -0.2) is 0 Å². The van der Waals surface area contributed by atoms with E-state index in [0.29, 0.717) is 6.10 Å². The summed E-state index contributed by atoms with van der Waals surface area (Å²) in [6.07, 6.45) is 3.70. The zero-order valence-corrected chi connectivity index (χ0v) is 8.30. The molecule has 0 aliphatic carbocycles. The van der Waals surface area contributed by atoms with E-state index in [2.05, 4.69) is 6.92 Å². The second kappa shape index (κ2) is 3.67. The molecule has 0 spiro atoms. The Morgan fingerprint density at radius 2 is 2.45 bits per heavy atom. The second-order valence-electron chi connectivity index (χ2n) is 3.06. The Labute approximate surface area is 69.2 Å². The summed E-state index contributed by atoms with van der Waals surface area (Å²) in [4.78, 5) is 0. The summed E-state index contributed by atoms with van der Waals surface area (Å²) in [5.74, 6) is 0. The third-order valence-corrected chi connectivity index (χ3v) is 4.69.